The molecule has 0 bridgehead atoms. The topological polar surface area (TPSA) is 18.5 Å². The lowest BCUT2D eigenvalue weighted by atomic mass is 9.95. The fraction of sp³-hybridized carbons (Fsp3) is 0.714. The average molecular weight is 198 g/mol. The molecule has 0 unspecified atom stereocenters. The van der Waals surface area contributed by atoms with Gasteiger partial charge in [-0.15, -0.1) is 0 Å². The van der Waals surface area contributed by atoms with Crippen molar-refractivity contribution in [2.24, 2.45) is 0 Å². The van der Waals surface area contributed by atoms with Crippen LogP contribution in [0.2, 0.25) is 0 Å². The van der Waals surface area contributed by atoms with Crippen LogP contribution in [0.25, 0.3) is 0 Å². The van der Waals surface area contributed by atoms with Crippen molar-refractivity contribution in [3.8, 4) is 0 Å². The molecule has 74 valence electrons. The molecule has 1 aliphatic carbocycles. The standard InChI is InChI=1S/C7H6F4O2/c1-5(2)12-3-4(13-5)7(10,11)6(3,8)9/h1-2H3. The van der Waals surface area contributed by atoms with E-state index in [4.69, 9.17) is 0 Å². The molecule has 0 spiro atoms. The van der Waals surface area contributed by atoms with Crippen molar-refractivity contribution in [1.82, 2.24) is 0 Å². The third kappa shape index (κ3) is 0.783. The third-order valence-electron chi connectivity index (χ3n) is 1.87. The molecule has 2 rings (SSSR count). The van der Waals surface area contributed by atoms with Crippen molar-refractivity contribution < 1.29 is 27.0 Å². The molecule has 0 saturated heterocycles. The number of allylic oxidation sites excluding steroid dienone is 2. The van der Waals surface area contributed by atoms with Crippen LogP contribution < -0.4 is 0 Å². The van der Waals surface area contributed by atoms with E-state index in [1.54, 1.807) is 0 Å². The van der Waals surface area contributed by atoms with E-state index in [1.807, 2.05) is 0 Å². The fourth-order valence-corrected chi connectivity index (χ4v) is 1.24. The molecule has 0 N–H and O–H groups in total. The van der Waals surface area contributed by atoms with Crippen LogP contribution in [0.15, 0.2) is 11.5 Å². The fourth-order valence-electron chi connectivity index (χ4n) is 1.24. The van der Waals surface area contributed by atoms with Crippen LogP contribution in [0.4, 0.5) is 17.6 Å². The van der Waals surface area contributed by atoms with E-state index >= 15 is 0 Å². The number of hydrogen-bond donors (Lipinski definition) is 0. The van der Waals surface area contributed by atoms with Crippen molar-refractivity contribution >= 4 is 0 Å². The monoisotopic (exact) mass is 198 g/mol. The van der Waals surface area contributed by atoms with E-state index in [0.29, 0.717) is 0 Å². The Morgan fingerprint density at radius 2 is 1.15 bits per heavy atom. The van der Waals surface area contributed by atoms with Gasteiger partial charge < -0.3 is 9.47 Å². The Bertz CT molecular complexity index is 278. The van der Waals surface area contributed by atoms with Gasteiger partial charge >= 0.3 is 11.8 Å². The summed E-state index contributed by atoms with van der Waals surface area (Å²) >= 11 is 0. The molecule has 0 aromatic rings. The molecule has 13 heavy (non-hydrogen) atoms. The summed E-state index contributed by atoms with van der Waals surface area (Å²) in [6.07, 6.45) is 0. The molecule has 0 atom stereocenters. The highest BCUT2D eigenvalue weighted by atomic mass is 19.3. The normalized spacial score (nSPS) is 31.5. The van der Waals surface area contributed by atoms with Gasteiger partial charge in [-0.1, -0.05) is 0 Å². The number of alkyl halides is 4. The molecule has 2 nitrogen and oxygen atoms in total. The van der Waals surface area contributed by atoms with Crippen LogP contribution in [-0.4, -0.2) is 17.6 Å². The number of ether oxygens (including phenoxy) is 2. The summed E-state index contributed by atoms with van der Waals surface area (Å²) in [4.78, 5) is 0. The van der Waals surface area contributed by atoms with E-state index in [0.717, 1.165) is 0 Å². The lowest BCUT2D eigenvalue weighted by Crippen LogP contribution is -2.52. The predicted molar refractivity (Wildman–Crippen MR) is 33.2 cm³/mol. The summed E-state index contributed by atoms with van der Waals surface area (Å²) in [5.74, 6) is -12.0. The minimum absolute atomic E-state index is 1.04. The van der Waals surface area contributed by atoms with E-state index < -0.39 is 29.2 Å². The van der Waals surface area contributed by atoms with Crippen LogP contribution in [0.1, 0.15) is 13.8 Å². The summed E-state index contributed by atoms with van der Waals surface area (Å²) in [7, 11) is 0. The summed E-state index contributed by atoms with van der Waals surface area (Å²) in [6, 6.07) is 0. The third-order valence-corrected chi connectivity index (χ3v) is 1.87. The van der Waals surface area contributed by atoms with Gasteiger partial charge in [-0.25, -0.2) is 0 Å². The molecular formula is C7H6F4O2. The number of rotatable bonds is 0. The summed E-state index contributed by atoms with van der Waals surface area (Å²) in [6.45, 7) is 2.58. The van der Waals surface area contributed by atoms with E-state index in [-0.39, 0.29) is 0 Å². The van der Waals surface area contributed by atoms with Gasteiger partial charge in [0, 0.05) is 13.8 Å². The average Bonchev–Trinajstić information content (AvgIpc) is 2.25. The number of halogens is 4. The largest absolute Gasteiger partial charge is 0.447 e. The molecule has 0 aromatic carbocycles. The Morgan fingerprint density at radius 3 is 1.46 bits per heavy atom. The Kier molecular flexibility index (Phi) is 1.19. The van der Waals surface area contributed by atoms with E-state index in [2.05, 4.69) is 9.47 Å². The van der Waals surface area contributed by atoms with Crippen LogP contribution in [-0.2, 0) is 9.47 Å². The van der Waals surface area contributed by atoms with Gasteiger partial charge in [-0.3, -0.25) is 0 Å². The molecule has 0 aromatic heterocycles. The predicted octanol–water partition coefficient (Wildman–Crippen LogP) is 2.27. The zero-order valence-electron chi connectivity index (χ0n) is 6.83. The second-order valence-corrected chi connectivity index (χ2v) is 3.41. The molecule has 6 heteroatoms. The summed E-state index contributed by atoms with van der Waals surface area (Å²) < 4.78 is 59.5. The van der Waals surface area contributed by atoms with Gasteiger partial charge in [0.1, 0.15) is 0 Å². The molecule has 0 saturated carbocycles. The van der Waals surface area contributed by atoms with Crippen molar-refractivity contribution in [2.45, 2.75) is 31.5 Å². The molecule has 0 fully saturated rings. The Morgan fingerprint density at radius 1 is 0.846 bits per heavy atom. The minimum atomic E-state index is -4.23. The van der Waals surface area contributed by atoms with Crippen LogP contribution in [0.3, 0.4) is 0 Å². The smallest absolute Gasteiger partial charge is 0.377 e. The van der Waals surface area contributed by atoms with Gasteiger partial charge in [-0.2, -0.15) is 17.6 Å². The van der Waals surface area contributed by atoms with Gasteiger partial charge in [0.05, 0.1) is 0 Å². The highest BCUT2D eigenvalue weighted by Gasteiger charge is 2.78. The summed E-state index contributed by atoms with van der Waals surface area (Å²) in [5.41, 5.74) is 0. The SMILES string of the molecule is CC1(C)OC2=C(O1)C(F)(F)C2(F)F. The first-order valence-electron chi connectivity index (χ1n) is 3.57. The van der Waals surface area contributed by atoms with Gasteiger partial charge in [0.25, 0.3) is 0 Å². The van der Waals surface area contributed by atoms with Crippen molar-refractivity contribution in [2.75, 3.05) is 0 Å². The van der Waals surface area contributed by atoms with Gasteiger partial charge in [-0.05, 0) is 0 Å². The highest BCUT2D eigenvalue weighted by Crippen LogP contribution is 2.60. The first-order chi connectivity index (χ1) is 5.68. The second-order valence-electron chi connectivity index (χ2n) is 3.41. The molecular weight excluding hydrogens is 192 g/mol. The Hall–Kier alpha value is -0.940. The molecule has 1 aliphatic heterocycles. The lowest BCUT2D eigenvalue weighted by Gasteiger charge is -2.32. The Labute approximate surface area is 71.1 Å². The molecule has 0 amide bonds. The van der Waals surface area contributed by atoms with E-state index in [9.17, 15) is 17.6 Å². The van der Waals surface area contributed by atoms with Crippen LogP contribution in [0, 0.1) is 0 Å². The van der Waals surface area contributed by atoms with Crippen molar-refractivity contribution in [3.05, 3.63) is 11.5 Å². The molecule has 0 radical (unpaired) electrons. The first-order valence-corrected chi connectivity index (χ1v) is 3.57. The molecule has 2 aliphatic rings. The second kappa shape index (κ2) is 1.78. The van der Waals surface area contributed by atoms with Crippen molar-refractivity contribution in [3.63, 3.8) is 0 Å². The van der Waals surface area contributed by atoms with Gasteiger partial charge in [0.15, 0.2) is 0 Å². The maximum absolute atomic E-state index is 12.6. The first kappa shape index (κ1) is 8.65. The quantitative estimate of drug-likeness (QED) is 0.556. The van der Waals surface area contributed by atoms with E-state index in [1.165, 1.54) is 13.8 Å². The zero-order valence-corrected chi connectivity index (χ0v) is 6.83. The lowest BCUT2D eigenvalue weighted by molar-refractivity contribution is -0.218. The molecule has 1 heterocycles. The van der Waals surface area contributed by atoms with Crippen LogP contribution >= 0.6 is 0 Å². The summed E-state index contributed by atoms with van der Waals surface area (Å²) in [5, 5.41) is 0. The van der Waals surface area contributed by atoms with Gasteiger partial charge in [0.2, 0.25) is 17.3 Å². The maximum atomic E-state index is 12.6. The minimum Gasteiger partial charge on any atom is -0.447 e. The number of hydrogen-bond acceptors (Lipinski definition) is 2. The maximum Gasteiger partial charge on any atom is 0.377 e. The van der Waals surface area contributed by atoms with Crippen LogP contribution in [0.5, 0.6) is 0 Å². The van der Waals surface area contributed by atoms with Crippen molar-refractivity contribution in [1.29, 1.82) is 0 Å². The zero-order chi connectivity index (χ0) is 10.1. The highest BCUT2D eigenvalue weighted by molar-refractivity contribution is 5.38. The Balaban J connectivity index is 2.38.